The van der Waals surface area contributed by atoms with Gasteiger partial charge in [-0.05, 0) is 55.7 Å². The summed E-state index contributed by atoms with van der Waals surface area (Å²) < 4.78 is 21.0. The van der Waals surface area contributed by atoms with Crippen LogP contribution < -0.4 is 10.9 Å². The number of nitriles is 1. The van der Waals surface area contributed by atoms with Crippen LogP contribution in [-0.4, -0.2) is 37.9 Å². The smallest absolute Gasteiger partial charge is 0.269 e. The zero-order valence-corrected chi connectivity index (χ0v) is 25.8. The molecule has 1 saturated carbocycles. The van der Waals surface area contributed by atoms with Crippen molar-refractivity contribution in [3.8, 4) is 17.2 Å². The molecule has 5 heterocycles. The van der Waals surface area contributed by atoms with Crippen molar-refractivity contribution in [2.45, 2.75) is 49.3 Å². The molecule has 7 nitrogen and oxygen atoms in total. The largest absolute Gasteiger partial charge is 0.337 e. The number of hydrogen-bond donors (Lipinski definition) is 1. The van der Waals surface area contributed by atoms with Gasteiger partial charge in [0.1, 0.15) is 10.5 Å². The summed E-state index contributed by atoms with van der Waals surface area (Å²) in [5.74, 6) is -0.0664. The van der Waals surface area contributed by atoms with Crippen LogP contribution in [0.1, 0.15) is 43.1 Å². The zero-order valence-electron chi connectivity index (χ0n) is 23.4. The highest BCUT2D eigenvalue weighted by Gasteiger charge is 2.49. The molecular formula is C32H27Cl2FN6OS. The first kappa shape index (κ1) is 28.4. The molecule has 0 amide bonds. The maximum absolute atomic E-state index is 16.9. The van der Waals surface area contributed by atoms with Crippen LogP contribution >= 0.6 is 35.0 Å². The van der Waals surface area contributed by atoms with Crippen LogP contribution in [0.3, 0.4) is 0 Å². The number of fused-ring (bicyclic) bond motifs is 4. The fraction of sp³-hybridized carbons (Fsp3) is 0.312. The first-order chi connectivity index (χ1) is 20.8. The monoisotopic (exact) mass is 632 g/mol. The predicted molar refractivity (Wildman–Crippen MR) is 170 cm³/mol. The van der Waals surface area contributed by atoms with Crippen molar-refractivity contribution in [1.82, 2.24) is 24.4 Å². The summed E-state index contributed by atoms with van der Waals surface area (Å²) in [5, 5.41) is 16.0. The maximum atomic E-state index is 16.9. The van der Waals surface area contributed by atoms with Gasteiger partial charge in [-0.3, -0.25) is 9.78 Å². The number of halogens is 3. The van der Waals surface area contributed by atoms with Gasteiger partial charge in [0.15, 0.2) is 5.82 Å². The Balaban J connectivity index is 1.59. The third kappa shape index (κ3) is 4.38. The highest BCUT2D eigenvalue weighted by molar-refractivity contribution is 7.98. The predicted octanol–water partition coefficient (Wildman–Crippen LogP) is 7.18. The average molecular weight is 634 g/mol. The second-order valence-electron chi connectivity index (χ2n) is 11.2. The Morgan fingerprint density at radius 2 is 2.12 bits per heavy atom. The summed E-state index contributed by atoms with van der Waals surface area (Å²) in [7, 11) is 0. The lowest BCUT2D eigenvalue weighted by Crippen LogP contribution is -2.40. The van der Waals surface area contributed by atoms with Crippen molar-refractivity contribution in [3.63, 3.8) is 0 Å². The van der Waals surface area contributed by atoms with Gasteiger partial charge in [-0.25, -0.2) is 9.37 Å². The summed E-state index contributed by atoms with van der Waals surface area (Å²) in [4.78, 5) is 21.7. The lowest BCUT2D eigenvalue weighted by atomic mass is 9.79. The molecule has 2 aromatic carbocycles. The molecule has 218 valence electrons. The third-order valence-corrected chi connectivity index (χ3v) is 10.5. The van der Waals surface area contributed by atoms with Crippen LogP contribution in [0, 0.1) is 23.1 Å². The molecule has 43 heavy (non-hydrogen) atoms. The number of aromatic nitrogens is 4. The van der Waals surface area contributed by atoms with Crippen molar-refractivity contribution < 1.29 is 4.39 Å². The number of rotatable bonds is 7. The summed E-state index contributed by atoms with van der Waals surface area (Å²) in [6.07, 6.45) is 8.19. The lowest BCUT2D eigenvalue weighted by Gasteiger charge is -2.38. The highest BCUT2D eigenvalue weighted by atomic mass is 35.5. The first-order valence-electron chi connectivity index (χ1n) is 14.1. The van der Waals surface area contributed by atoms with Gasteiger partial charge in [0.25, 0.3) is 5.56 Å². The van der Waals surface area contributed by atoms with E-state index in [0.717, 1.165) is 29.6 Å². The van der Waals surface area contributed by atoms with Crippen molar-refractivity contribution in [2.75, 3.05) is 12.8 Å². The van der Waals surface area contributed by atoms with Crippen molar-refractivity contribution >= 4 is 56.8 Å². The number of nitrogens with zero attached hydrogens (tertiary/aromatic N) is 5. The minimum absolute atomic E-state index is 0.153. The van der Waals surface area contributed by atoms with E-state index in [4.69, 9.17) is 28.2 Å². The van der Waals surface area contributed by atoms with Gasteiger partial charge in [0.05, 0.1) is 39.9 Å². The number of pyridine rings is 1. The summed E-state index contributed by atoms with van der Waals surface area (Å²) >= 11 is 14.4. The zero-order chi connectivity index (χ0) is 30.0. The fourth-order valence-electron chi connectivity index (χ4n) is 6.96. The molecule has 2 saturated heterocycles. The van der Waals surface area contributed by atoms with Crippen LogP contribution in [0.2, 0.25) is 10.0 Å². The molecule has 8 rings (SSSR count). The van der Waals surface area contributed by atoms with Gasteiger partial charge in [0, 0.05) is 59.0 Å². The molecule has 3 fully saturated rings. The Hall–Kier alpha value is -3.42. The van der Waals surface area contributed by atoms with Crippen LogP contribution in [0.25, 0.3) is 32.9 Å². The van der Waals surface area contributed by atoms with Crippen LogP contribution in [0.15, 0.2) is 58.7 Å². The molecule has 5 aromatic rings. The molecule has 1 aliphatic carbocycles. The van der Waals surface area contributed by atoms with E-state index in [1.807, 2.05) is 19.2 Å². The Bertz CT molecular complexity index is 2020. The van der Waals surface area contributed by atoms with E-state index < -0.39 is 5.82 Å². The second-order valence-corrected chi connectivity index (χ2v) is 12.8. The number of hydrogen-bond acceptors (Lipinski definition) is 6. The molecule has 2 bridgehead atoms. The Morgan fingerprint density at radius 3 is 2.81 bits per heavy atom. The first-order valence-corrected chi connectivity index (χ1v) is 16.1. The molecule has 3 aromatic heterocycles. The normalized spacial score (nSPS) is 20.0. The summed E-state index contributed by atoms with van der Waals surface area (Å²) in [6, 6.07) is 11.6. The van der Waals surface area contributed by atoms with E-state index in [2.05, 4.69) is 27.0 Å². The topological polar surface area (TPSA) is 88.5 Å². The minimum Gasteiger partial charge on any atom is -0.337 e. The Labute approximate surface area is 261 Å². The molecule has 0 spiro atoms. The minimum atomic E-state index is -0.491. The standard InChI is InChI=1S/C32H27Cl2FN6OS/c1-16(40-10-9-37-15-25(40)42)24-13-21-31(41(24)30-18-12-23(30)38-14-18)20-11-17(5-4-8-36)26(19-6-3-7-22(33)27(19)34)28(35)29(20)39-32(21)43-2/h3,6-7,9-11,13,15-16,18,23,30,38H,4-5,12,14H2,1-2H3/t16-,18-,23-,30+/m1/s1. The number of thioether (sulfide) groups is 1. The highest BCUT2D eigenvalue weighted by Crippen LogP contribution is 2.50. The number of aryl methyl sites for hydroxylation is 1. The number of benzene rings is 2. The second kappa shape index (κ2) is 10.9. The molecular weight excluding hydrogens is 606 g/mol. The van der Waals surface area contributed by atoms with Gasteiger partial charge in [-0.2, -0.15) is 5.26 Å². The molecule has 4 atom stereocenters. The molecule has 0 unspecified atom stereocenters. The van der Waals surface area contributed by atoms with Gasteiger partial charge >= 0.3 is 0 Å². The van der Waals surface area contributed by atoms with Gasteiger partial charge < -0.3 is 14.5 Å². The van der Waals surface area contributed by atoms with E-state index in [1.165, 1.54) is 18.0 Å². The SMILES string of the molecule is CSc1nc2c(F)c(-c3cccc(Cl)c3Cl)c(CCC#N)cc2c2c1cc([C@@H](C)n1ccncc1=O)n2[C@H]1[C@H]2CN[C@@H]1C2. The van der Waals surface area contributed by atoms with Gasteiger partial charge in [-0.1, -0.05) is 35.3 Å². The quantitative estimate of drug-likeness (QED) is 0.191. The molecule has 1 N–H and O–H groups in total. The van der Waals surface area contributed by atoms with E-state index in [-0.39, 0.29) is 40.6 Å². The summed E-state index contributed by atoms with van der Waals surface area (Å²) in [6.45, 7) is 2.92. The van der Waals surface area contributed by atoms with Crippen molar-refractivity contribution in [3.05, 3.63) is 86.4 Å². The van der Waals surface area contributed by atoms with Crippen LogP contribution in [-0.2, 0) is 6.42 Å². The molecule has 11 heteroatoms. The lowest BCUT2D eigenvalue weighted by molar-refractivity contribution is 0.219. The van der Waals surface area contributed by atoms with Crippen molar-refractivity contribution in [2.24, 2.45) is 5.92 Å². The van der Waals surface area contributed by atoms with Gasteiger partial charge in [0.2, 0.25) is 0 Å². The van der Waals surface area contributed by atoms with Gasteiger partial charge in [-0.15, -0.1) is 11.8 Å². The van der Waals surface area contributed by atoms with E-state index in [1.54, 1.807) is 35.2 Å². The number of nitrogens with one attached hydrogen (secondary N) is 1. The molecule has 0 radical (unpaired) electrons. The summed E-state index contributed by atoms with van der Waals surface area (Å²) in [5.41, 5.74) is 3.34. The Kier molecular flexibility index (Phi) is 7.21. The van der Waals surface area contributed by atoms with Crippen LogP contribution in [0.5, 0.6) is 0 Å². The third-order valence-electron chi connectivity index (χ3n) is 9.00. The molecule has 2 aliphatic heterocycles. The maximum Gasteiger partial charge on any atom is 0.269 e. The average Bonchev–Trinajstić information content (AvgIpc) is 3.74. The van der Waals surface area contributed by atoms with E-state index >= 15 is 4.39 Å². The van der Waals surface area contributed by atoms with E-state index in [9.17, 15) is 10.1 Å². The van der Waals surface area contributed by atoms with E-state index in [0.29, 0.717) is 44.5 Å². The molecule has 3 aliphatic rings. The Morgan fingerprint density at radius 1 is 1.28 bits per heavy atom. The van der Waals surface area contributed by atoms with Crippen LogP contribution in [0.4, 0.5) is 4.39 Å². The fourth-order valence-corrected chi connectivity index (χ4v) is 7.91. The van der Waals surface area contributed by atoms with Crippen molar-refractivity contribution in [1.29, 1.82) is 5.26 Å².